The molecule has 2 aromatic rings. The predicted molar refractivity (Wildman–Crippen MR) is 86.1 cm³/mol. The second-order valence-electron chi connectivity index (χ2n) is 5.78. The van der Waals surface area contributed by atoms with Gasteiger partial charge in [0, 0.05) is 19.3 Å². The summed E-state index contributed by atoms with van der Waals surface area (Å²) in [6.45, 7) is 5.78. The molecule has 0 aliphatic heterocycles. The maximum atomic E-state index is 10.3. The van der Waals surface area contributed by atoms with E-state index in [9.17, 15) is 5.11 Å². The largest absolute Gasteiger partial charge is 0.388 e. The average Bonchev–Trinajstić information content (AvgIpc) is 2.45. The van der Waals surface area contributed by atoms with Crippen molar-refractivity contribution in [3.63, 3.8) is 0 Å². The second kappa shape index (κ2) is 7.34. The van der Waals surface area contributed by atoms with Crippen molar-refractivity contribution in [1.82, 2.24) is 9.88 Å². The van der Waals surface area contributed by atoms with Crippen molar-refractivity contribution in [3.05, 3.63) is 65.0 Å². The van der Waals surface area contributed by atoms with E-state index in [1.54, 1.807) is 0 Å². The number of benzene rings is 1. The Labute approximate surface area is 127 Å². The maximum Gasteiger partial charge on any atom is 0.0802 e. The molecule has 3 nitrogen and oxygen atoms in total. The number of pyridine rings is 1. The summed E-state index contributed by atoms with van der Waals surface area (Å²) in [6, 6.07) is 12.2. The van der Waals surface area contributed by atoms with Gasteiger partial charge in [-0.2, -0.15) is 0 Å². The number of nitrogens with zero attached hydrogens (tertiary/aromatic N) is 2. The van der Waals surface area contributed by atoms with Gasteiger partial charge in [-0.15, -0.1) is 0 Å². The fourth-order valence-corrected chi connectivity index (χ4v) is 2.56. The van der Waals surface area contributed by atoms with Crippen molar-refractivity contribution in [2.24, 2.45) is 0 Å². The number of aryl methyl sites for hydroxylation is 2. The van der Waals surface area contributed by atoms with Crippen molar-refractivity contribution in [1.29, 1.82) is 0 Å². The minimum atomic E-state index is -0.408. The Morgan fingerprint density at radius 3 is 2.48 bits per heavy atom. The lowest BCUT2D eigenvalue weighted by Crippen LogP contribution is -2.21. The zero-order valence-electron chi connectivity index (χ0n) is 13.1. The molecule has 21 heavy (non-hydrogen) atoms. The highest BCUT2D eigenvalue weighted by Gasteiger charge is 2.10. The monoisotopic (exact) mass is 284 g/mol. The lowest BCUT2D eigenvalue weighted by molar-refractivity contribution is 0.147. The van der Waals surface area contributed by atoms with Crippen molar-refractivity contribution in [2.75, 3.05) is 13.6 Å². The van der Waals surface area contributed by atoms with Crippen LogP contribution in [-0.4, -0.2) is 28.6 Å². The normalized spacial score (nSPS) is 12.6. The zero-order chi connectivity index (χ0) is 15.2. The molecule has 1 aromatic heterocycles. The number of aliphatic hydroxyl groups excluding tert-OH is 1. The summed E-state index contributed by atoms with van der Waals surface area (Å²) >= 11 is 0. The van der Waals surface area contributed by atoms with E-state index in [0.717, 1.165) is 30.8 Å². The standard InChI is InChI=1S/C18H24N2O/c1-14-10-15(2)12-16(11-14)18(21)7-9-20(3)13-17-6-4-5-8-19-17/h4-6,8,10-12,18,21H,7,9,13H2,1-3H3. The number of aromatic nitrogens is 1. The molecule has 1 heterocycles. The molecule has 0 fully saturated rings. The number of hydrogen-bond donors (Lipinski definition) is 1. The summed E-state index contributed by atoms with van der Waals surface area (Å²) < 4.78 is 0. The number of aliphatic hydroxyl groups is 1. The van der Waals surface area contributed by atoms with E-state index in [2.05, 4.69) is 49.0 Å². The Hall–Kier alpha value is -1.71. The van der Waals surface area contributed by atoms with Crippen LogP contribution < -0.4 is 0 Å². The van der Waals surface area contributed by atoms with Gasteiger partial charge < -0.3 is 10.0 Å². The molecular formula is C18H24N2O. The van der Waals surface area contributed by atoms with E-state index in [1.807, 2.05) is 24.4 Å². The topological polar surface area (TPSA) is 36.4 Å². The van der Waals surface area contributed by atoms with Gasteiger partial charge in [0.15, 0.2) is 0 Å². The van der Waals surface area contributed by atoms with Gasteiger partial charge in [-0.25, -0.2) is 0 Å². The van der Waals surface area contributed by atoms with Gasteiger partial charge in [-0.05, 0) is 45.0 Å². The van der Waals surface area contributed by atoms with Gasteiger partial charge in [-0.1, -0.05) is 35.4 Å². The van der Waals surface area contributed by atoms with E-state index in [4.69, 9.17) is 0 Å². The molecule has 1 aromatic carbocycles. The maximum absolute atomic E-state index is 10.3. The first-order valence-corrected chi connectivity index (χ1v) is 7.39. The predicted octanol–water partition coefficient (Wildman–Crippen LogP) is 3.25. The van der Waals surface area contributed by atoms with Crippen LogP contribution in [-0.2, 0) is 6.54 Å². The summed E-state index contributed by atoms with van der Waals surface area (Å²) in [5.74, 6) is 0. The Bertz CT molecular complexity index is 548. The molecule has 0 aliphatic rings. The molecule has 0 bridgehead atoms. The molecule has 0 radical (unpaired) electrons. The smallest absolute Gasteiger partial charge is 0.0802 e. The van der Waals surface area contributed by atoms with Crippen LogP contribution in [0.3, 0.4) is 0 Å². The molecule has 112 valence electrons. The minimum Gasteiger partial charge on any atom is -0.388 e. The van der Waals surface area contributed by atoms with Crippen LogP contribution in [0.4, 0.5) is 0 Å². The minimum absolute atomic E-state index is 0.408. The molecule has 0 saturated carbocycles. The van der Waals surface area contributed by atoms with Crippen LogP contribution in [0.5, 0.6) is 0 Å². The summed E-state index contributed by atoms with van der Waals surface area (Å²) in [5, 5.41) is 10.3. The van der Waals surface area contributed by atoms with E-state index in [0.29, 0.717) is 0 Å². The number of rotatable bonds is 6. The third-order valence-corrected chi connectivity index (χ3v) is 3.57. The fourth-order valence-electron chi connectivity index (χ4n) is 2.56. The van der Waals surface area contributed by atoms with Crippen LogP contribution in [0.1, 0.15) is 34.9 Å². The molecule has 0 saturated heterocycles. The molecule has 1 unspecified atom stereocenters. The Balaban J connectivity index is 1.87. The lowest BCUT2D eigenvalue weighted by atomic mass is 10.0. The highest BCUT2D eigenvalue weighted by molar-refractivity contribution is 5.29. The van der Waals surface area contributed by atoms with E-state index in [1.165, 1.54) is 11.1 Å². The molecule has 2 rings (SSSR count). The Morgan fingerprint density at radius 1 is 1.14 bits per heavy atom. The molecule has 1 N–H and O–H groups in total. The van der Waals surface area contributed by atoms with Gasteiger partial charge in [0.25, 0.3) is 0 Å². The Kier molecular flexibility index (Phi) is 5.48. The quantitative estimate of drug-likeness (QED) is 0.884. The van der Waals surface area contributed by atoms with Crippen molar-refractivity contribution < 1.29 is 5.11 Å². The fraction of sp³-hybridized carbons (Fsp3) is 0.389. The van der Waals surface area contributed by atoms with Crippen LogP contribution in [0.15, 0.2) is 42.6 Å². The molecule has 0 amide bonds. The highest BCUT2D eigenvalue weighted by Crippen LogP contribution is 2.20. The van der Waals surface area contributed by atoms with Crippen molar-refractivity contribution in [3.8, 4) is 0 Å². The van der Waals surface area contributed by atoms with E-state index >= 15 is 0 Å². The van der Waals surface area contributed by atoms with Gasteiger partial charge in [0.1, 0.15) is 0 Å². The molecule has 1 atom stereocenters. The number of hydrogen-bond acceptors (Lipinski definition) is 3. The summed E-state index contributed by atoms with van der Waals surface area (Å²) in [7, 11) is 2.06. The van der Waals surface area contributed by atoms with Gasteiger partial charge >= 0.3 is 0 Å². The SMILES string of the molecule is Cc1cc(C)cc(C(O)CCN(C)Cc2ccccn2)c1. The van der Waals surface area contributed by atoms with Gasteiger partial charge in [0.05, 0.1) is 11.8 Å². The Morgan fingerprint density at radius 2 is 1.86 bits per heavy atom. The molecule has 3 heteroatoms. The lowest BCUT2D eigenvalue weighted by Gasteiger charge is -2.19. The van der Waals surface area contributed by atoms with Crippen molar-refractivity contribution >= 4 is 0 Å². The molecule has 0 spiro atoms. The van der Waals surface area contributed by atoms with Gasteiger partial charge in [-0.3, -0.25) is 4.98 Å². The summed E-state index contributed by atoms with van der Waals surface area (Å²) in [4.78, 5) is 6.51. The summed E-state index contributed by atoms with van der Waals surface area (Å²) in [5.41, 5.74) is 4.47. The summed E-state index contributed by atoms with van der Waals surface area (Å²) in [6.07, 6.45) is 2.13. The zero-order valence-corrected chi connectivity index (χ0v) is 13.1. The van der Waals surface area contributed by atoms with Crippen LogP contribution in [0.2, 0.25) is 0 Å². The first kappa shape index (κ1) is 15.7. The molecular weight excluding hydrogens is 260 g/mol. The third kappa shape index (κ3) is 4.96. The van der Waals surface area contributed by atoms with Crippen LogP contribution in [0.25, 0.3) is 0 Å². The highest BCUT2D eigenvalue weighted by atomic mass is 16.3. The van der Waals surface area contributed by atoms with Crippen LogP contribution in [0, 0.1) is 13.8 Å². The van der Waals surface area contributed by atoms with E-state index in [-0.39, 0.29) is 0 Å². The van der Waals surface area contributed by atoms with Gasteiger partial charge in [0.2, 0.25) is 0 Å². The third-order valence-electron chi connectivity index (χ3n) is 3.57. The van der Waals surface area contributed by atoms with Crippen molar-refractivity contribution in [2.45, 2.75) is 32.9 Å². The first-order chi connectivity index (χ1) is 10.0. The van der Waals surface area contributed by atoms with E-state index < -0.39 is 6.10 Å². The molecule has 0 aliphatic carbocycles. The first-order valence-electron chi connectivity index (χ1n) is 7.39. The average molecular weight is 284 g/mol. The second-order valence-corrected chi connectivity index (χ2v) is 5.78. The van der Waals surface area contributed by atoms with Crippen LogP contribution >= 0.6 is 0 Å².